The molecule has 1 aliphatic heterocycles. The Kier molecular flexibility index (Phi) is 9.78. The van der Waals surface area contributed by atoms with Gasteiger partial charge >= 0.3 is 12.1 Å². The number of amides is 1. The van der Waals surface area contributed by atoms with Crippen LogP contribution in [-0.4, -0.2) is 61.1 Å². The van der Waals surface area contributed by atoms with Crippen molar-refractivity contribution in [1.29, 1.82) is 0 Å². The molecular weight excluding hydrogens is 678 g/mol. The highest BCUT2D eigenvalue weighted by atomic mass is 32.2. The van der Waals surface area contributed by atoms with E-state index < -0.39 is 62.7 Å². The van der Waals surface area contributed by atoms with E-state index in [-0.39, 0.29) is 33.7 Å². The molecule has 248 valence electrons. The number of carbonyl (C=O) groups is 2. The van der Waals surface area contributed by atoms with Crippen LogP contribution < -0.4 is 15.4 Å². The van der Waals surface area contributed by atoms with Gasteiger partial charge in [-0.05, 0) is 55.8 Å². The van der Waals surface area contributed by atoms with Crippen molar-refractivity contribution in [2.75, 3.05) is 29.7 Å². The van der Waals surface area contributed by atoms with E-state index in [4.69, 9.17) is 0 Å². The Morgan fingerprint density at radius 3 is 2.60 bits per heavy atom. The van der Waals surface area contributed by atoms with E-state index >= 15 is 4.39 Å². The van der Waals surface area contributed by atoms with Gasteiger partial charge in [-0.1, -0.05) is 6.07 Å². The molecule has 3 heterocycles. The van der Waals surface area contributed by atoms with Crippen LogP contribution >= 0.6 is 11.3 Å². The number of nitrogens with zero attached hydrogens (tertiary/aromatic N) is 3. The SMILES string of the molecule is O=C(COC(=O)C(F)(F)F)Nc1nccc(-c2sc(C3CCCNC3)nc2-c2cccc(NS(=O)(=O)c3cc(F)ccc3F)c2F)n1. The molecule has 0 bridgehead atoms. The number of ether oxygens (including phenoxy) is 1. The lowest BCUT2D eigenvalue weighted by molar-refractivity contribution is -0.199. The smallest absolute Gasteiger partial charge is 0.449 e. The number of sulfonamides is 1. The van der Waals surface area contributed by atoms with Crippen LogP contribution in [0.3, 0.4) is 0 Å². The molecule has 1 fully saturated rings. The summed E-state index contributed by atoms with van der Waals surface area (Å²) in [4.78, 5) is 35.0. The largest absolute Gasteiger partial charge is 0.490 e. The van der Waals surface area contributed by atoms with Crippen LogP contribution in [0, 0.1) is 17.5 Å². The molecule has 5 rings (SSSR count). The zero-order chi connectivity index (χ0) is 33.9. The Morgan fingerprint density at radius 1 is 1.09 bits per heavy atom. The predicted molar refractivity (Wildman–Crippen MR) is 156 cm³/mol. The highest BCUT2D eigenvalue weighted by Gasteiger charge is 2.41. The quantitative estimate of drug-likeness (QED) is 0.162. The molecule has 2 aromatic carbocycles. The number of aromatic nitrogens is 3. The molecule has 47 heavy (non-hydrogen) atoms. The van der Waals surface area contributed by atoms with Gasteiger partial charge in [0.15, 0.2) is 12.4 Å². The summed E-state index contributed by atoms with van der Waals surface area (Å²) in [6, 6.07) is 6.91. The number of esters is 1. The summed E-state index contributed by atoms with van der Waals surface area (Å²) in [5.74, 6) is -7.57. The number of alkyl halides is 3. The van der Waals surface area contributed by atoms with Crippen LogP contribution in [0.15, 0.2) is 53.6 Å². The lowest BCUT2D eigenvalue weighted by Crippen LogP contribution is -2.29. The molecule has 2 aromatic heterocycles. The first-order valence-electron chi connectivity index (χ1n) is 13.6. The summed E-state index contributed by atoms with van der Waals surface area (Å²) in [5, 5.41) is 5.95. The molecule has 1 amide bonds. The summed E-state index contributed by atoms with van der Waals surface area (Å²) in [7, 11) is -4.78. The van der Waals surface area contributed by atoms with E-state index in [0.29, 0.717) is 23.7 Å². The molecule has 1 unspecified atom stereocenters. The number of anilines is 2. The van der Waals surface area contributed by atoms with Crippen molar-refractivity contribution >= 4 is 44.9 Å². The number of benzene rings is 2. The second-order valence-electron chi connectivity index (χ2n) is 10.0. The zero-order valence-corrected chi connectivity index (χ0v) is 25.3. The Morgan fingerprint density at radius 2 is 1.87 bits per heavy atom. The van der Waals surface area contributed by atoms with Crippen molar-refractivity contribution in [3.63, 3.8) is 0 Å². The number of nitrogens with one attached hydrogen (secondary N) is 3. The standard InChI is InChI=1S/C28H22F6N6O5S2/c29-15-6-7-17(30)20(11-15)47(43,44)40-18-5-1-4-16(22(18)31)23-24(46-25(39-23)14-3-2-9-35-12-14)19-8-10-36-27(37-19)38-21(41)13-45-26(42)28(32,33)34/h1,4-8,10-11,14,35,40H,2-3,9,12-13H2,(H,36,37,38,41). The van der Waals surface area contributed by atoms with Crippen LogP contribution in [0.25, 0.3) is 21.8 Å². The van der Waals surface area contributed by atoms with E-state index in [1.807, 2.05) is 4.72 Å². The van der Waals surface area contributed by atoms with E-state index in [1.165, 1.54) is 24.4 Å². The van der Waals surface area contributed by atoms with Crippen LogP contribution in [0.1, 0.15) is 23.8 Å². The van der Waals surface area contributed by atoms with Gasteiger partial charge in [-0.3, -0.25) is 14.8 Å². The number of hydrogen-bond donors (Lipinski definition) is 3. The topological polar surface area (TPSA) is 152 Å². The lowest BCUT2D eigenvalue weighted by atomic mass is 10.0. The van der Waals surface area contributed by atoms with Gasteiger partial charge in [0.2, 0.25) is 5.95 Å². The van der Waals surface area contributed by atoms with E-state index in [0.717, 1.165) is 42.9 Å². The molecule has 11 nitrogen and oxygen atoms in total. The third kappa shape index (κ3) is 7.86. The average Bonchev–Trinajstić information content (AvgIpc) is 3.47. The number of hydrogen-bond acceptors (Lipinski definition) is 10. The second kappa shape index (κ2) is 13.6. The minimum absolute atomic E-state index is 0.0288. The fraction of sp³-hybridized carbons (Fsp3) is 0.250. The first-order valence-corrected chi connectivity index (χ1v) is 15.9. The van der Waals surface area contributed by atoms with Gasteiger partial charge in [-0.25, -0.2) is 41.3 Å². The van der Waals surface area contributed by atoms with Gasteiger partial charge in [-0.15, -0.1) is 11.3 Å². The van der Waals surface area contributed by atoms with Gasteiger partial charge in [0.1, 0.15) is 16.5 Å². The van der Waals surface area contributed by atoms with Crippen LogP contribution in [0.2, 0.25) is 0 Å². The molecule has 3 N–H and O–H groups in total. The number of thiazole rings is 1. The van der Waals surface area contributed by atoms with Crippen molar-refractivity contribution in [3.8, 4) is 21.8 Å². The van der Waals surface area contributed by atoms with Crippen molar-refractivity contribution in [1.82, 2.24) is 20.3 Å². The van der Waals surface area contributed by atoms with Crippen molar-refractivity contribution in [2.24, 2.45) is 0 Å². The molecule has 0 aliphatic carbocycles. The average molecular weight is 701 g/mol. The fourth-order valence-electron chi connectivity index (χ4n) is 4.53. The van der Waals surface area contributed by atoms with Crippen LogP contribution in [0.5, 0.6) is 0 Å². The molecular formula is C28H22F6N6O5S2. The third-order valence-electron chi connectivity index (χ3n) is 6.68. The molecule has 1 atom stereocenters. The van der Waals surface area contributed by atoms with Gasteiger partial charge < -0.3 is 10.1 Å². The summed E-state index contributed by atoms with van der Waals surface area (Å²) in [6.07, 6.45) is -2.51. The van der Waals surface area contributed by atoms with E-state index in [1.54, 1.807) is 0 Å². The van der Waals surface area contributed by atoms with Gasteiger partial charge in [0.05, 0.1) is 27.0 Å². The minimum atomic E-state index is -5.30. The normalized spacial score (nSPS) is 15.2. The first kappa shape index (κ1) is 33.7. The maximum atomic E-state index is 16.1. The number of carbonyl (C=O) groups excluding carboxylic acids is 2. The number of piperidine rings is 1. The minimum Gasteiger partial charge on any atom is -0.449 e. The molecule has 4 aromatic rings. The van der Waals surface area contributed by atoms with Crippen LogP contribution in [0.4, 0.5) is 38.0 Å². The summed E-state index contributed by atoms with van der Waals surface area (Å²) >= 11 is 1.14. The molecule has 0 radical (unpaired) electrons. The van der Waals surface area contributed by atoms with Gasteiger partial charge in [0, 0.05) is 24.2 Å². The summed E-state index contributed by atoms with van der Waals surface area (Å²) in [6.45, 7) is 0.0806. The molecule has 19 heteroatoms. The maximum absolute atomic E-state index is 16.1. The lowest BCUT2D eigenvalue weighted by Gasteiger charge is -2.20. The predicted octanol–water partition coefficient (Wildman–Crippen LogP) is 5.00. The van der Waals surface area contributed by atoms with Gasteiger partial charge in [-0.2, -0.15) is 13.2 Å². The highest BCUT2D eigenvalue weighted by molar-refractivity contribution is 7.92. The van der Waals surface area contributed by atoms with Crippen molar-refractivity contribution in [2.45, 2.75) is 29.8 Å². The molecule has 0 spiro atoms. The monoisotopic (exact) mass is 700 g/mol. The van der Waals surface area contributed by atoms with Crippen LogP contribution in [-0.2, 0) is 24.3 Å². The van der Waals surface area contributed by atoms with Gasteiger partial charge in [0.25, 0.3) is 15.9 Å². The third-order valence-corrected chi connectivity index (χ3v) is 9.30. The molecule has 1 saturated heterocycles. The number of rotatable bonds is 9. The maximum Gasteiger partial charge on any atom is 0.490 e. The highest BCUT2D eigenvalue weighted by Crippen LogP contribution is 2.42. The number of halogens is 6. The first-order chi connectivity index (χ1) is 22.2. The Hall–Kier alpha value is -4.62. The second-order valence-corrected chi connectivity index (χ2v) is 12.7. The van der Waals surface area contributed by atoms with Crippen molar-refractivity contribution < 1.29 is 49.1 Å². The summed E-state index contributed by atoms with van der Waals surface area (Å²) in [5.41, 5.74) is -0.636. The van der Waals surface area contributed by atoms with Crippen molar-refractivity contribution in [3.05, 3.63) is 71.1 Å². The van der Waals surface area contributed by atoms with E-state index in [2.05, 4.69) is 30.3 Å². The fourth-order valence-corrected chi connectivity index (χ4v) is 6.86. The van der Waals surface area contributed by atoms with E-state index in [9.17, 15) is 40.0 Å². The Bertz CT molecular complexity index is 1930. The Labute approximate surface area is 266 Å². The molecule has 0 saturated carbocycles. The molecule has 1 aliphatic rings. The zero-order valence-electron chi connectivity index (χ0n) is 23.7. The Balaban J connectivity index is 1.50. The summed E-state index contributed by atoms with van der Waals surface area (Å²) < 4.78 is 113.